The van der Waals surface area contributed by atoms with Crippen LogP contribution in [0.4, 0.5) is 18.9 Å². The lowest BCUT2D eigenvalue weighted by Gasteiger charge is -2.10. The summed E-state index contributed by atoms with van der Waals surface area (Å²) in [7, 11) is 0. The summed E-state index contributed by atoms with van der Waals surface area (Å²) in [4.78, 5) is 8.29. The average Bonchev–Trinajstić information content (AvgIpc) is 2.49. The van der Waals surface area contributed by atoms with Crippen LogP contribution in [0.25, 0.3) is 0 Å². The number of aromatic nitrogens is 1. The van der Waals surface area contributed by atoms with Gasteiger partial charge < -0.3 is 15.8 Å². The highest BCUT2D eigenvalue weighted by molar-refractivity contribution is 5.92. The molecule has 122 valence electrons. The summed E-state index contributed by atoms with van der Waals surface area (Å²) in [5, 5.41) is 2.79. The summed E-state index contributed by atoms with van der Waals surface area (Å²) in [5.74, 6) is -0.126. The van der Waals surface area contributed by atoms with Gasteiger partial charge in [-0.1, -0.05) is 6.07 Å². The number of pyridine rings is 1. The molecule has 8 heteroatoms. The molecule has 0 radical (unpaired) electrons. The monoisotopic (exact) mass is 324 g/mol. The topological polar surface area (TPSA) is 72.5 Å². The maximum Gasteiger partial charge on any atom is 0.573 e. The second-order valence-electron chi connectivity index (χ2n) is 4.54. The smallest absolute Gasteiger partial charge is 0.406 e. The number of anilines is 1. The zero-order valence-corrected chi connectivity index (χ0v) is 12.0. The van der Waals surface area contributed by atoms with Crippen LogP contribution in [0.5, 0.6) is 5.75 Å². The third-order valence-corrected chi connectivity index (χ3v) is 2.74. The van der Waals surface area contributed by atoms with Gasteiger partial charge in [-0.05, 0) is 36.4 Å². The first-order chi connectivity index (χ1) is 10.9. The molecule has 0 fully saturated rings. The number of halogens is 3. The molecule has 0 bridgehead atoms. The van der Waals surface area contributed by atoms with Crippen LogP contribution in [0.1, 0.15) is 5.69 Å². The van der Waals surface area contributed by atoms with E-state index >= 15 is 0 Å². The first-order valence-corrected chi connectivity index (χ1v) is 6.75. The summed E-state index contributed by atoms with van der Waals surface area (Å²) in [6.45, 7) is 0.450. The van der Waals surface area contributed by atoms with Gasteiger partial charge in [0, 0.05) is 30.5 Å². The van der Waals surface area contributed by atoms with Gasteiger partial charge >= 0.3 is 6.36 Å². The quantitative estimate of drug-likeness (QED) is 0.655. The van der Waals surface area contributed by atoms with Gasteiger partial charge in [-0.15, -0.1) is 13.2 Å². The molecular formula is C15H15F3N4O. The Balaban J connectivity index is 1.84. The number of nitrogens with one attached hydrogen (secondary N) is 1. The number of hydrogen-bond acceptors (Lipinski definition) is 3. The molecule has 0 aliphatic heterocycles. The van der Waals surface area contributed by atoms with Gasteiger partial charge in [-0.3, -0.25) is 9.98 Å². The van der Waals surface area contributed by atoms with E-state index in [1.54, 1.807) is 6.20 Å². The fraction of sp³-hybridized carbons (Fsp3) is 0.200. The Morgan fingerprint density at radius 3 is 2.52 bits per heavy atom. The number of alkyl halides is 3. The second kappa shape index (κ2) is 7.48. The van der Waals surface area contributed by atoms with Gasteiger partial charge in [0.1, 0.15) is 5.75 Å². The van der Waals surface area contributed by atoms with Crippen LogP contribution >= 0.6 is 0 Å². The van der Waals surface area contributed by atoms with Crippen molar-refractivity contribution < 1.29 is 17.9 Å². The van der Waals surface area contributed by atoms with E-state index in [4.69, 9.17) is 5.73 Å². The van der Waals surface area contributed by atoms with E-state index in [2.05, 4.69) is 20.0 Å². The molecule has 0 saturated heterocycles. The first-order valence-electron chi connectivity index (χ1n) is 6.75. The van der Waals surface area contributed by atoms with Gasteiger partial charge in [-0.25, -0.2) is 0 Å². The van der Waals surface area contributed by atoms with Crippen molar-refractivity contribution in [1.82, 2.24) is 4.98 Å². The molecule has 0 spiro atoms. The van der Waals surface area contributed by atoms with Crippen molar-refractivity contribution in [2.24, 2.45) is 10.7 Å². The highest BCUT2D eigenvalue weighted by atomic mass is 19.4. The van der Waals surface area contributed by atoms with Crippen molar-refractivity contribution in [1.29, 1.82) is 0 Å². The number of nitrogens with two attached hydrogens (primary N) is 1. The lowest BCUT2D eigenvalue weighted by Crippen LogP contribution is -2.23. The van der Waals surface area contributed by atoms with Crippen molar-refractivity contribution in [2.75, 3.05) is 11.9 Å². The van der Waals surface area contributed by atoms with E-state index < -0.39 is 6.36 Å². The van der Waals surface area contributed by atoms with Crippen LogP contribution in [0.3, 0.4) is 0 Å². The number of hydrogen-bond donors (Lipinski definition) is 2. The molecule has 0 amide bonds. The number of rotatable bonds is 5. The molecule has 1 aromatic heterocycles. The molecule has 1 heterocycles. The van der Waals surface area contributed by atoms with Crippen LogP contribution in [0.15, 0.2) is 53.7 Å². The highest BCUT2D eigenvalue weighted by Gasteiger charge is 2.30. The standard InChI is InChI=1S/C15H15F3N4O/c16-15(17,18)23-13-6-4-12(5-7-13)22-14(19)21-10-8-11-3-1-2-9-20-11/h1-7,9H,8,10H2,(H3,19,21,22). The Labute approximate surface area is 131 Å². The third kappa shape index (κ3) is 6.25. The number of nitrogens with zero attached hydrogens (tertiary/aromatic N) is 2. The predicted molar refractivity (Wildman–Crippen MR) is 81.2 cm³/mol. The van der Waals surface area contributed by atoms with Crippen LogP contribution in [-0.4, -0.2) is 23.9 Å². The Bertz CT molecular complexity index is 642. The number of aliphatic imine (C=N–C) groups is 1. The molecule has 2 aromatic rings. The van der Waals surface area contributed by atoms with Gasteiger partial charge in [0.15, 0.2) is 5.96 Å². The minimum absolute atomic E-state index is 0.172. The predicted octanol–water partition coefficient (Wildman–Crippen LogP) is 2.95. The van der Waals surface area contributed by atoms with Gasteiger partial charge in [0.05, 0.1) is 0 Å². The minimum Gasteiger partial charge on any atom is -0.406 e. The maximum absolute atomic E-state index is 12.0. The molecule has 3 N–H and O–H groups in total. The molecule has 2 rings (SSSR count). The van der Waals surface area contributed by atoms with E-state index in [-0.39, 0.29) is 11.7 Å². The molecule has 23 heavy (non-hydrogen) atoms. The molecule has 1 aromatic carbocycles. The van der Waals surface area contributed by atoms with E-state index in [1.807, 2.05) is 18.2 Å². The van der Waals surface area contributed by atoms with E-state index in [0.717, 1.165) is 5.69 Å². The zero-order valence-electron chi connectivity index (χ0n) is 12.0. The average molecular weight is 324 g/mol. The van der Waals surface area contributed by atoms with Gasteiger partial charge in [-0.2, -0.15) is 0 Å². The van der Waals surface area contributed by atoms with Crippen LogP contribution in [0.2, 0.25) is 0 Å². The molecule has 0 aliphatic rings. The SMILES string of the molecule is NC(=NCCc1ccccn1)Nc1ccc(OC(F)(F)F)cc1. The Morgan fingerprint density at radius 2 is 1.91 bits per heavy atom. The summed E-state index contributed by atoms with van der Waals surface area (Å²) in [5.41, 5.74) is 7.13. The van der Waals surface area contributed by atoms with Crippen molar-refractivity contribution >= 4 is 11.6 Å². The molecular weight excluding hydrogens is 309 g/mol. The Morgan fingerprint density at radius 1 is 1.17 bits per heavy atom. The number of benzene rings is 1. The molecule has 0 unspecified atom stereocenters. The molecule has 0 aliphatic carbocycles. The van der Waals surface area contributed by atoms with Crippen molar-refractivity contribution in [3.63, 3.8) is 0 Å². The van der Waals surface area contributed by atoms with Gasteiger partial charge in [0.2, 0.25) is 0 Å². The van der Waals surface area contributed by atoms with E-state index in [0.29, 0.717) is 18.7 Å². The summed E-state index contributed by atoms with van der Waals surface area (Å²) >= 11 is 0. The second-order valence-corrected chi connectivity index (χ2v) is 4.54. The number of ether oxygens (including phenoxy) is 1. The van der Waals surface area contributed by atoms with E-state index in [1.165, 1.54) is 24.3 Å². The Kier molecular flexibility index (Phi) is 5.40. The lowest BCUT2D eigenvalue weighted by atomic mass is 10.3. The van der Waals surface area contributed by atoms with Crippen molar-refractivity contribution in [3.05, 3.63) is 54.4 Å². The van der Waals surface area contributed by atoms with Crippen molar-refractivity contribution in [3.8, 4) is 5.75 Å². The fourth-order valence-electron chi connectivity index (χ4n) is 1.76. The highest BCUT2D eigenvalue weighted by Crippen LogP contribution is 2.23. The normalized spacial score (nSPS) is 12.0. The maximum atomic E-state index is 12.0. The summed E-state index contributed by atoms with van der Waals surface area (Å²) in [6, 6.07) is 10.8. The lowest BCUT2D eigenvalue weighted by molar-refractivity contribution is -0.274. The summed E-state index contributed by atoms with van der Waals surface area (Å²) in [6.07, 6.45) is -2.37. The van der Waals surface area contributed by atoms with Crippen molar-refractivity contribution in [2.45, 2.75) is 12.8 Å². The van der Waals surface area contributed by atoms with Crippen LogP contribution in [0, 0.1) is 0 Å². The molecule has 0 saturated carbocycles. The van der Waals surface area contributed by atoms with Gasteiger partial charge in [0.25, 0.3) is 0 Å². The summed E-state index contributed by atoms with van der Waals surface area (Å²) < 4.78 is 39.9. The fourth-order valence-corrected chi connectivity index (χ4v) is 1.76. The number of guanidine groups is 1. The molecule has 5 nitrogen and oxygen atoms in total. The Hall–Kier alpha value is -2.77. The molecule has 0 atom stereocenters. The van der Waals surface area contributed by atoms with Crippen LogP contribution < -0.4 is 15.8 Å². The largest absolute Gasteiger partial charge is 0.573 e. The minimum atomic E-state index is -4.71. The first kappa shape index (κ1) is 16.6. The third-order valence-electron chi connectivity index (χ3n) is 2.74. The van der Waals surface area contributed by atoms with E-state index in [9.17, 15) is 13.2 Å². The zero-order chi connectivity index (χ0) is 16.7. The van der Waals surface area contributed by atoms with Crippen LogP contribution in [-0.2, 0) is 6.42 Å².